The highest BCUT2D eigenvalue weighted by atomic mass is 16.4. The molecule has 1 aromatic rings. The smallest absolute Gasteiger partial charge is 0.328 e. The maximum Gasteiger partial charge on any atom is 0.328 e. The van der Waals surface area contributed by atoms with Gasteiger partial charge in [0.05, 0.1) is 0 Å². The second-order valence-electron chi connectivity index (χ2n) is 4.22. The van der Waals surface area contributed by atoms with E-state index in [9.17, 15) is 9.59 Å². The highest BCUT2D eigenvalue weighted by Gasteiger charge is 2.28. The molecule has 0 aromatic heterocycles. The molecule has 0 spiro atoms. The summed E-state index contributed by atoms with van der Waals surface area (Å²) in [6.45, 7) is 3.22. The van der Waals surface area contributed by atoms with Crippen molar-refractivity contribution in [1.82, 2.24) is 10.6 Å². The Morgan fingerprint density at radius 1 is 1.24 bits per heavy atom. The van der Waals surface area contributed by atoms with E-state index in [2.05, 4.69) is 10.6 Å². The predicted octanol–water partition coefficient (Wildman–Crippen LogP) is 1.35. The average Bonchev–Trinajstić information content (AvgIpc) is 2.27. The van der Waals surface area contributed by atoms with E-state index in [1.54, 1.807) is 0 Å². The summed E-state index contributed by atoms with van der Waals surface area (Å²) in [7, 11) is 0. The normalized spacial score (nSPS) is 10.7. The van der Waals surface area contributed by atoms with Crippen molar-refractivity contribution in [3.63, 3.8) is 0 Å². The van der Waals surface area contributed by atoms with Crippen LogP contribution >= 0.6 is 0 Å². The molecule has 0 bridgehead atoms. The Kier molecular flexibility index (Phi) is 4.09. The third-order valence-corrected chi connectivity index (χ3v) is 2.26. The Labute approximate surface area is 99.8 Å². The standard InChI is InChI=1S/C12H16N2O3/c1-12(2,10(15)16)14-11(17)13-8-9-6-4-3-5-7-9/h3-7H,8H2,1-2H3,(H,15,16)(H2,13,14,17). The fourth-order valence-corrected chi connectivity index (χ4v) is 1.16. The van der Waals surface area contributed by atoms with Gasteiger partial charge in [-0.15, -0.1) is 0 Å². The minimum atomic E-state index is -1.28. The van der Waals surface area contributed by atoms with Gasteiger partial charge in [0.15, 0.2) is 0 Å². The highest BCUT2D eigenvalue weighted by Crippen LogP contribution is 2.02. The maximum absolute atomic E-state index is 11.5. The second kappa shape index (κ2) is 5.34. The molecular weight excluding hydrogens is 220 g/mol. The summed E-state index contributed by atoms with van der Waals surface area (Å²) in [5.74, 6) is -1.08. The molecule has 3 N–H and O–H groups in total. The van der Waals surface area contributed by atoms with Crippen LogP contribution in [0.4, 0.5) is 4.79 Å². The Morgan fingerprint density at radius 2 is 1.82 bits per heavy atom. The number of hydrogen-bond donors (Lipinski definition) is 3. The van der Waals surface area contributed by atoms with E-state index in [1.807, 2.05) is 30.3 Å². The molecule has 5 nitrogen and oxygen atoms in total. The van der Waals surface area contributed by atoms with Gasteiger partial charge in [0, 0.05) is 6.54 Å². The lowest BCUT2D eigenvalue weighted by Gasteiger charge is -2.21. The van der Waals surface area contributed by atoms with Gasteiger partial charge in [-0.3, -0.25) is 0 Å². The summed E-state index contributed by atoms with van der Waals surface area (Å²) in [6, 6.07) is 8.88. The van der Waals surface area contributed by atoms with E-state index in [0.717, 1.165) is 5.56 Å². The quantitative estimate of drug-likeness (QED) is 0.738. The molecule has 1 aromatic carbocycles. The van der Waals surface area contributed by atoms with Gasteiger partial charge >= 0.3 is 12.0 Å². The van der Waals surface area contributed by atoms with E-state index >= 15 is 0 Å². The third-order valence-electron chi connectivity index (χ3n) is 2.26. The van der Waals surface area contributed by atoms with Crippen LogP contribution in [0.3, 0.4) is 0 Å². The number of rotatable bonds is 4. The fraction of sp³-hybridized carbons (Fsp3) is 0.333. The van der Waals surface area contributed by atoms with E-state index in [0.29, 0.717) is 6.54 Å². The van der Waals surface area contributed by atoms with Crippen molar-refractivity contribution in [1.29, 1.82) is 0 Å². The first kappa shape index (κ1) is 13.0. The Morgan fingerprint density at radius 3 is 2.35 bits per heavy atom. The van der Waals surface area contributed by atoms with Gasteiger partial charge in [0.1, 0.15) is 5.54 Å². The highest BCUT2D eigenvalue weighted by molar-refractivity contribution is 5.85. The van der Waals surface area contributed by atoms with Crippen molar-refractivity contribution in [3.8, 4) is 0 Å². The van der Waals surface area contributed by atoms with Crippen molar-refractivity contribution in [2.75, 3.05) is 0 Å². The lowest BCUT2D eigenvalue weighted by atomic mass is 10.1. The molecule has 92 valence electrons. The monoisotopic (exact) mass is 236 g/mol. The molecule has 0 saturated carbocycles. The molecule has 0 heterocycles. The van der Waals surface area contributed by atoms with Crippen molar-refractivity contribution >= 4 is 12.0 Å². The van der Waals surface area contributed by atoms with Crippen LogP contribution in [0.15, 0.2) is 30.3 Å². The Bertz CT molecular complexity index is 401. The fourth-order valence-electron chi connectivity index (χ4n) is 1.16. The van der Waals surface area contributed by atoms with Crippen LogP contribution < -0.4 is 10.6 Å². The van der Waals surface area contributed by atoms with Crippen LogP contribution in [-0.2, 0) is 11.3 Å². The van der Waals surface area contributed by atoms with E-state index < -0.39 is 17.5 Å². The summed E-state index contributed by atoms with van der Waals surface area (Å²) in [5.41, 5.74) is -0.323. The molecule has 0 unspecified atom stereocenters. The molecule has 0 atom stereocenters. The van der Waals surface area contributed by atoms with Crippen molar-refractivity contribution in [2.24, 2.45) is 0 Å². The molecule has 0 radical (unpaired) electrons. The van der Waals surface area contributed by atoms with Crippen molar-refractivity contribution in [2.45, 2.75) is 25.9 Å². The zero-order valence-corrected chi connectivity index (χ0v) is 9.86. The topological polar surface area (TPSA) is 78.4 Å². The SMILES string of the molecule is CC(C)(NC(=O)NCc1ccccc1)C(=O)O. The number of amides is 2. The largest absolute Gasteiger partial charge is 0.480 e. The molecule has 2 amide bonds. The molecule has 0 saturated heterocycles. The summed E-state index contributed by atoms with van der Waals surface area (Å²) in [4.78, 5) is 22.2. The van der Waals surface area contributed by atoms with Crippen LogP contribution in [0, 0.1) is 0 Å². The first-order valence-corrected chi connectivity index (χ1v) is 5.25. The first-order valence-electron chi connectivity index (χ1n) is 5.25. The van der Waals surface area contributed by atoms with Gasteiger partial charge in [-0.1, -0.05) is 30.3 Å². The molecule has 1 rings (SSSR count). The van der Waals surface area contributed by atoms with Crippen molar-refractivity contribution in [3.05, 3.63) is 35.9 Å². The van der Waals surface area contributed by atoms with Gasteiger partial charge in [0.2, 0.25) is 0 Å². The molecular formula is C12H16N2O3. The summed E-state index contributed by atoms with van der Waals surface area (Å²) in [5, 5.41) is 13.8. The predicted molar refractivity (Wildman–Crippen MR) is 63.5 cm³/mol. The lowest BCUT2D eigenvalue weighted by molar-refractivity contribution is -0.142. The number of nitrogens with one attached hydrogen (secondary N) is 2. The molecule has 0 aliphatic heterocycles. The number of benzene rings is 1. The van der Waals surface area contributed by atoms with Crippen LogP contribution in [0.25, 0.3) is 0 Å². The zero-order valence-electron chi connectivity index (χ0n) is 9.86. The van der Waals surface area contributed by atoms with Gasteiger partial charge in [0.25, 0.3) is 0 Å². The number of urea groups is 1. The van der Waals surface area contributed by atoms with E-state index in [-0.39, 0.29) is 0 Å². The van der Waals surface area contributed by atoms with Gasteiger partial charge in [-0.05, 0) is 19.4 Å². The Balaban J connectivity index is 2.44. The maximum atomic E-state index is 11.5. The number of aliphatic carboxylic acids is 1. The van der Waals surface area contributed by atoms with Gasteiger partial charge in [-0.25, -0.2) is 9.59 Å². The molecule has 5 heteroatoms. The van der Waals surface area contributed by atoms with E-state index in [1.165, 1.54) is 13.8 Å². The molecule has 17 heavy (non-hydrogen) atoms. The van der Waals surface area contributed by atoms with Crippen LogP contribution in [0.5, 0.6) is 0 Å². The van der Waals surface area contributed by atoms with Crippen LogP contribution in [0.2, 0.25) is 0 Å². The molecule has 0 aliphatic rings. The summed E-state index contributed by atoms with van der Waals surface area (Å²) >= 11 is 0. The average molecular weight is 236 g/mol. The number of carbonyl (C=O) groups excluding carboxylic acids is 1. The molecule has 0 aliphatic carbocycles. The minimum absolute atomic E-state index is 0.363. The first-order chi connectivity index (χ1) is 7.92. The van der Waals surface area contributed by atoms with Crippen LogP contribution in [-0.4, -0.2) is 22.6 Å². The number of carboxylic acid groups (broad SMARTS) is 1. The van der Waals surface area contributed by atoms with Gasteiger partial charge in [-0.2, -0.15) is 0 Å². The lowest BCUT2D eigenvalue weighted by Crippen LogP contribution is -2.52. The van der Waals surface area contributed by atoms with E-state index in [4.69, 9.17) is 5.11 Å². The number of carbonyl (C=O) groups is 2. The summed E-state index contributed by atoms with van der Waals surface area (Å²) < 4.78 is 0. The van der Waals surface area contributed by atoms with Gasteiger partial charge < -0.3 is 15.7 Å². The van der Waals surface area contributed by atoms with Crippen molar-refractivity contribution < 1.29 is 14.7 Å². The summed E-state index contributed by atoms with van der Waals surface area (Å²) in [6.07, 6.45) is 0. The minimum Gasteiger partial charge on any atom is -0.480 e. The van der Waals surface area contributed by atoms with Crippen LogP contribution in [0.1, 0.15) is 19.4 Å². The second-order valence-corrected chi connectivity index (χ2v) is 4.22. The zero-order chi connectivity index (χ0) is 12.9. The molecule has 0 fully saturated rings. The third kappa shape index (κ3) is 4.14. The number of hydrogen-bond acceptors (Lipinski definition) is 2. The Hall–Kier alpha value is -2.04. The number of carboxylic acids is 1.